The fourth-order valence-corrected chi connectivity index (χ4v) is 2.47. The number of hydrogen-bond donors (Lipinski definition) is 0. The summed E-state index contributed by atoms with van der Waals surface area (Å²) in [6, 6.07) is 21.2. The highest BCUT2D eigenvalue weighted by Crippen LogP contribution is 2.01. The van der Waals surface area contributed by atoms with E-state index in [4.69, 9.17) is 0 Å². The second-order valence-electron chi connectivity index (χ2n) is 6.30. The molecule has 0 N–H and O–H groups in total. The molecule has 0 amide bonds. The zero-order chi connectivity index (χ0) is 17.0. The maximum Gasteiger partial charge on any atom is 0.0599 e. The summed E-state index contributed by atoms with van der Waals surface area (Å²) in [7, 11) is 4.27. The Hall–Kier alpha value is -2.08. The fourth-order valence-electron chi connectivity index (χ4n) is 2.47. The van der Waals surface area contributed by atoms with E-state index in [1.807, 2.05) is 0 Å². The molecule has 0 saturated carbocycles. The molecule has 0 aliphatic heterocycles. The maximum absolute atomic E-state index is 3.28. The molecule has 0 aliphatic carbocycles. The molecule has 0 saturated heterocycles. The van der Waals surface area contributed by atoms with E-state index in [9.17, 15) is 0 Å². The summed E-state index contributed by atoms with van der Waals surface area (Å²) in [4.78, 5) is 4.56. The quantitative estimate of drug-likeness (QED) is 0.688. The zero-order valence-corrected chi connectivity index (χ0v) is 14.9. The average molecular weight is 320 g/mol. The van der Waals surface area contributed by atoms with E-state index in [0.717, 1.165) is 39.0 Å². The number of rotatable bonds is 8. The van der Waals surface area contributed by atoms with Crippen LogP contribution in [0.25, 0.3) is 0 Å². The van der Waals surface area contributed by atoms with Gasteiger partial charge in [-0.2, -0.15) is 0 Å². The third kappa shape index (κ3) is 7.46. The van der Waals surface area contributed by atoms with Gasteiger partial charge >= 0.3 is 0 Å². The van der Waals surface area contributed by atoms with Crippen molar-refractivity contribution < 1.29 is 0 Å². The van der Waals surface area contributed by atoms with Gasteiger partial charge in [0.25, 0.3) is 0 Å². The Labute approximate surface area is 147 Å². The molecule has 24 heavy (non-hydrogen) atoms. The van der Waals surface area contributed by atoms with E-state index in [1.54, 1.807) is 0 Å². The van der Waals surface area contributed by atoms with Crippen LogP contribution < -0.4 is 0 Å². The Kier molecular flexibility index (Phi) is 8.10. The van der Waals surface area contributed by atoms with Gasteiger partial charge in [-0.15, -0.1) is 0 Å². The third-order valence-corrected chi connectivity index (χ3v) is 4.07. The van der Waals surface area contributed by atoms with Crippen LogP contribution in [-0.2, 0) is 12.8 Å². The van der Waals surface area contributed by atoms with E-state index < -0.39 is 0 Å². The predicted molar refractivity (Wildman–Crippen MR) is 103 cm³/mol. The molecule has 2 aromatic carbocycles. The van der Waals surface area contributed by atoms with Gasteiger partial charge in [0.15, 0.2) is 0 Å². The molecule has 0 aromatic heterocycles. The molecular weight excluding hydrogens is 292 g/mol. The first-order valence-corrected chi connectivity index (χ1v) is 8.64. The maximum atomic E-state index is 3.28. The highest BCUT2D eigenvalue weighted by atomic mass is 15.1. The van der Waals surface area contributed by atoms with Crippen LogP contribution in [0.1, 0.15) is 11.1 Å². The summed E-state index contributed by atoms with van der Waals surface area (Å²) in [5.41, 5.74) is 2.77. The second-order valence-corrected chi connectivity index (χ2v) is 6.30. The number of nitrogens with zero attached hydrogens (tertiary/aromatic N) is 2. The number of hydrogen-bond acceptors (Lipinski definition) is 2. The van der Waals surface area contributed by atoms with E-state index in [-0.39, 0.29) is 0 Å². The smallest absolute Gasteiger partial charge is 0.0599 e. The van der Waals surface area contributed by atoms with Crippen molar-refractivity contribution in [3.63, 3.8) is 0 Å². The van der Waals surface area contributed by atoms with Crippen molar-refractivity contribution in [2.45, 2.75) is 12.8 Å². The van der Waals surface area contributed by atoms with Crippen molar-refractivity contribution in [1.29, 1.82) is 0 Å². The minimum absolute atomic E-state index is 0.833. The van der Waals surface area contributed by atoms with Crippen LogP contribution >= 0.6 is 0 Å². The average Bonchev–Trinajstić information content (AvgIpc) is 2.63. The SMILES string of the molecule is CN(CC#CCN(C)CCc1ccccc1)CCc1ccccc1. The van der Waals surface area contributed by atoms with E-state index in [2.05, 4.69) is 96.4 Å². The molecule has 2 nitrogen and oxygen atoms in total. The van der Waals surface area contributed by atoms with E-state index in [1.165, 1.54) is 11.1 Å². The lowest BCUT2D eigenvalue weighted by Crippen LogP contribution is -2.23. The molecule has 0 atom stereocenters. The summed E-state index contributed by atoms with van der Waals surface area (Å²) < 4.78 is 0. The van der Waals surface area contributed by atoms with Crippen LogP contribution in [0.2, 0.25) is 0 Å². The van der Waals surface area contributed by atoms with Crippen LogP contribution in [0.4, 0.5) is 0 Å². The molecule has 0 spiro atoms. The minimum atomic E-state index is 0.833. The van der Waals surface area contributed by atoms with Crippen LogP contribution in [-0.4, -0.2) is 50.1 Å². The van der Waals surface area contributed by atoms with Crippen molar-refractivity contribution in [3.05, 3.63) is 71.8 Å². The van der Waals surface area contributed by atoms with Crippen molar-refractivity contribution >= 4 is 0 Å². The lowest BCUT2D eigenvalue weighted by Gasteiger charge is -2.14. The van der Waals surface area contributed by atoms with Gasteiger partial charge in [-0.1, -0.05) is 72.5 Å². The number of likely N-dealkylation sites (N-methyl/N-ethyl adjacent to an activating group) is 2. The van der Waals surface area contributed by atoms with E-state index in [0.29, 0.717) is 0 Å². The lowest BCUT2D eigenvalue weighted by atomic mass is 10.1. The first-order valence-electron chi connectivity index (χ1n) is 8.64. The van der Waals surface area contributed by atoms with Gasteiger partial charge in [0.2, 0.25) is 0 Å². The monoisotopic (exact) mass is 320 g/mol. The third-order valence-electron chi connectivity index (χ3n) is 4.07. The molecule has 0 aliphatic rings. The molecule has 2 rings (SSSR count). The predicted octanol–water partition coefficient (Wildman–Crippen LogP) is 3.34. The molecule has 0 fully saturated rings. The van der Waals surface area contributed by atoms with Gasteiger partial charge in [-0.3, -0.25) is 9.80 Å². The van der Waals surface area contributed by atoms with Crippen molar-refractivity contribution in [2.75, 3.05) is 40.3 Å². The fraction of sp³-hybridized carbons (Fsp3) is 0.364. The normalized spacial score (nSPS) is 10.7. The Balaban J connectivity index is 1.60. The Bertz CT molecular complexity index is 570. The van der Waals surface area contributed by atoms with Crippen LogP contribution in [0, 0.1) is 11.8 Å². The molecule has 2 aromatic rings. The molecule has 126 valence electrons. The first-order chi connectivity index (χ1) is 11.7. The number of benzene rings is 2. The largest absolute Gasteiger partial charge is 0.295 e. The topological polar surface area (TPSA) is 6.48 Å². The van der Waals surface area contributed by atoms with Gasteiger partial charge in [-0.25, -0.2) is 0 Å². The van der Waals surface area contributed by atoms with Gasteiger partial charge in [0.05, 0.1) is 13.1 Å². The lowest BCUT2D eigenvalue weighted by molar-refractivity contribution is 0.375. The van der Waals surface area contributed by atoms with Crippen LogP contribution in [0.15, 0.2) is 60.7 Å². The van der Waals surface area contributed by atoms with Crippen molar-refractivity contribution in [1.82, 2.24) is 9.80 Å². The summed E-state index contributed by atoms with van der Waals surface area (Å²) in [5, 5.41) is 0. The van der Waals surface area contributed by atoms with Crippen LogP contribution in [0.3, 0.4) is 0 Å². The molecule has 0 bridgehead atoms. The Morgan fingerprint density at radius 2 is 1.00 bits per heavy atom. The first kappa shape index (κ1) is 18.3. The molecule has 0 heterocycles. The van der Waals surface area contributed by atoms with Crippen molar-refractivity contribution in [3.8, 4) is 11.8 Å². The molecule has 2 heteroatoms. The van der Waals surface area contributed by atoms with Gasteiger partial charge in [0, 0.05) is 13.1 Å². The van der Waals surface area contributed by atoms with E-state index >= 15 is 0 Å². The summed E-state index contributed by atoms with van der Waals surface area (Å²) in [6.45, 7) is 3.75. The second kappa shape index (κ2) is 10.6. The Morgan fingerprint density at radius 3 is 1.38 bits per heavy atom. The summed E-state index contributed by atoms with van der Waals surface area (Å²) in [6.07, 6.45) is 2.16. The van der Waals surface area contributed by atoms with Gasteiger partial charge < -0.3 is 0 Å². The van der Waals surface area contributed by atoms with Crippen molar-refractivity contribution in [2.24, 2.45) is 0 Å². The van der Waals surface area contributed by atoms with Gasteiger partial charge in [0.1, 0.15) is 0 Å². The molecule has 0 radical (unpaired) electrons. The highest BCUT2D eigenvalue weighted by Gasteiger charge is 1.98. The molecule has 0 unspecified atom stereocenters. The van der Waals surface area contributed by atoms with Gasteiger partial charge in [-0.05, 0) is 38.1 Å². The zero-order valence-electron chi connectivity index (χ0n) is 14.9. The highest BCUT2D eigenvalue weighted by molar-refractivity contribution is 5.16. The summed E-state index contributed by atoms with van der Waals surface area (Å²) in [5.74, 6) is 6.57. The minimum Gasteiger partial charge on any atom is -0.295 e. The summed E-state index contributed by atoms with van der Waals surface area (Å²) >= 11 is 0. The Morgan fingerprint density at radius 1 is 0.625 bits per heavy atom. The standard InChI is InChI=1S/C22H28N2/c1-23(19-15-21-11-5-3-6-12-21)17-9-10-18-24(2)20-16-22-13-7-4-8-14-22/h3-8,11-14H,15-20H2,1-2H3. The molecular formula is C22H28N2. The van der Waals surface area contributed by atoms with Crippen LogP contribution in [0.5, 0.6) is 0 Å².